The van der Waals surface area contributed by atoms with Gasteiger partial charge in [0.2, 0.25) is 23.2 Å². The molecule has 12 nitrogen and oxygen atoms in total. The van der Waals surface area contributed by atoms with Crippen LogP contribution >= 0.6 is 0 Å². The minimum atomic E-state index is -0.569. The number of Topliss-reactive ketones (excluding diaryl/α,β-unsaturated/α-hetero) is 2. The predicted octanol–water partition coefficient (Wildman–Crippen LogP) is 8.14. The van der Waals surface area contributed by atoms with E-state index in [1.165, 1.54) is 14.5 Å². The van der Waals surface area contributed by atoms with Crippen LogP contribution in [0.5, 0.6) is 11.8 Å². The van der Waals surface area contributed by atoms with Crippen LogP contribution in [0.3, 0.4) is 0 Å². The normalized spacial score (nSPS) is 27.8. The Morgan fingerprint density at radius 3 is 1.79 bits per heavy atom. The summed E-state index contributed by atoms with van der Waals surface area (Å²) < 4.78 is 17.5. The maximum Gasteiger partial charge on any atom is 0.282 e. The first-order valence-corrected chi connectivity index (χ1v) is 19.6. The molecule has 0 amide bonds. The summed E-state index contributed by atoms with van der Waals surface area (Å²) in [7, 11) is 2.68. The van der Waals surface area contributed by atoms with E-state index in [2.05, 4.69) is 65.1 Å². The summed E-state index contributed by atoms with van der Waals surface area (Å²) in [6.45, 7) is 40.7. The number of fused-ring (bicyclic) bond motifs is 6. The lowest BCUT2D eigenvalue weighted by Gasteiger charge is -2.47. The Bertz CT molecular complexity index is 1910. The molecule has 0 spiro atoms. The molecule has 1 unspecified atom stereocenters. The van der Waals surface area contributed by atoms with Crippen molar-refractivity contribution in [2.75, 3.05) is 20.3 Å². The van der Waals surface area contributed by atoms with Crippen LogP contribution in [-0.4, -0.2) is 63.0 Å². The van der Waals surface area contributed by atoms with Gasteiger partial charge in [-0.05, 0) is 51.4 Å². The standard InChI is InChI=1S/C21H29N3O2.C21H27N3O2.CH5NO.CH4/c2*1-8-26-18-13-9-10-14-12(2)16(25)15(22-7)11-21(14,6)17(13)23-19(24-18)20(3,4)5;1-2-3;/h12,14-15H,8-11H2,1-6H3;11-12,14H,8-10H2,1-6H3;2-3H,1H3;1H4/t12-,14-,15?,21-;12-,14-,21-;;/m00../s1/i;;;1T. The number of hydroxylamine groups is 1. The summed E-state index contributed by atoms with van der Waals surface area (Å²) in [5, 5.41) is 7.32. The second-order valence-electron chi connectivity index (χ2n) is 17.8. The van der Waals surface area contributed by atoms with Crippen molar-refractivity contribution in [2.45, 2.75) is 150 Å². The summed E-state index contributed by atoms with van der Waals surface area (Å²) in [6.07, 6.45) is 5.81. The third-order valence-corrected chi connectivity index (χ3v) is 11.9. The molecule has 0 saturated heterocycles. The van der Waals surface area contributed by atoms with E-state index in [9.17, 15) is 9.59 Å². The number of hydrogen-bond donors (Lipinski definition) is 2. The minimum Gasteiger partial charge on any atom is -0.478 e. The number of carbonyl (C=O) groups excluding carboxylic acids is 2. The first-order valence-electron chi connectivity index (χ1n) is 20.6. The first-order chi connectivity index (χ1) is 26.7. The van der Waals surface area contributed by atoms with E-state index in [1.807, 2.05) is 33.8 Å². The van der Waals surface area contributed by atoms with Gasteiger partial charge in [0.05, 0.1) is 31.2 Å². The Balaban J connectivity index is 0.000000275. The summed E-state index contributed by atoms with van der Waals surface area (Å²) >= 11 is 0. The topological polar surface area (TPSA) is 145 Å². The number of allylic oxidation sites excluding steroid dienone is 2. The quantitative estimate of drug-likeness (QED) is 0.231. The summed E-state index contributed by atoms with van der Waals surface area (Å²) in [5.41, 5.74) is 4.87. The molecule has 2 aromatic heterocycles. The third kappa shape index (κ3) is 8.52. The highest BCUT2D eigenvalue weighted by molar-refractivity contribution is 6.00. The minimum absolute atomic E-state index is 0.0407. The van der Waals surface area contributed by atoms with E-state index >= 15 is 0 Å². The van der Waals surface area contributed by atoms with Crippen molar-refractivity contribution in [3.63, 3.8) is 0 Å². The van der Waals surface area contributed by atoms with Gasteiger partial charge in [0, 0.05) is 59.5 Å². The van der Waals surface area contributed by atoms with Gasteiger partial charge in [0.15, 0.2) is 5.78 Å². The molecule has 4 aliphatic carbocycles. The monoisotopic (exact) mass is 774 g/mol. The van der Waals surface area contributed by atoms with E-state index in [1.54, 1.807) is 5.48 Å². The smallest absolute Gasteiger partial charge is 0.282 e. The molecule has 4 aliphatic rings. The Morgan fingerprint density at radius 1 is 0.875 bits per heavy atom. The number of ether oxygens (including phenoxy) is 2. The zero-order valence-corrected chi connectivity index (χ0v) is 36.2. The molecule has 0 radical (unpaired) electrons. The third-order valence-electron chi connectivity index (χ3n) is 11.9. The van der Waals surface area contributed by atoms with Crippen molar-refractivity contribution >= 4 is 11.6 Å². The Kier molecular flexibility index (Phi) is 13.9. The first kappa shape index (κ1) is 44.5. The van der Waals surface area contributed by atoms with E-state index in [0.29, 0.717) is 31.4 Å². The molecule has 2 heterocycles. The molecule has 56 heavy (non-hydrogen) atoms. The highest BCUT2D eigenvalue weighted by atomic mass is 16.5. The van der Waals surface area contributed by atoms with Gasteiger partial charge in [-0.3, -0.25) is 4.79 Å². The molecule has 306 valence electrons. The van der Waals surface area contributed by atoms with Gasteiger partial charge in [0.1, 0.15) is 11.6 Å². The van der Waals surface area contributed by atoms with Crippen LogP contribution in [0.25, 0.3) is 9.69 Å². The zero-order chi connectivity index (χ0) is 43.3. The largest absolute Gasteiger partial charge is 0.478 e. The lowest BCUT2D eigenvalue weighted by Crippen LogP contribution is -2.52. The molecule has 2 N–H and O–H groups in total. The van der Waals surface area contributed by atoms with E-state index in [-0.39, 0.29) is 57.2 Å². The number of nitrogens with one attached hydrogen (secondary N) is 1. The van der Waals surface area contributed by atoms with Crippen LogP contribution in [0, 0.1) is 36.8 Å². The lowest BCUT2D eigenvalue weighted by atomic mass is 9.55. The van der Waals surface area contributed by atoms with Crippen molar-refractivity contribution in [1.82, 2.24) is 25.4 Å². The second-order valence-corrected chi connectivity index (χ2v) is 17.8. The Labute approximate surface area is 336 Å². The fourth-order valence-electron chi connectivity index (χ4n) is 9.01. The molecule has 6 rings (SSSR count). The average molecular weight is 774 g/mol. The fourth-order valence-corrected chi connectivity index (χ4v) is 9.01. The summed E-state index contributed by atoms with van der Waals surface area (Å²) in [4.78, 5) is 51.7. The number of ketones is 2. The number of nitrogens with zero attached hydrogens (tertiary/aromatic N) is 6. The lowest BCUT2D eigenvalue weighted by molar-refractivity contribution is -0.129. The molecular weight excluding hydrogens is 707 g/mol. The summed E-state index contributed by atoms with van der Waals surface area (Å²) in [6, 6.07) is -0.569. The molecular formula is C44H65N7O5. The fraction of sp³-hybridized carbons (Fsp3) is 0.682. The van der Waals surface area contributed by atoms with Crippen LogP contribution in [0.2, 0.25) is 0 Å². The van der Waals surface area contributed by atoms with Crippen molar-refractivity contribution in [3.8, 4) is 11.8 Å². The molecule has 12 heteroatoms. The summed E-state index contributed by atoms with van der Waals surface area (Å²) in [5.74, 6) is 2.99. The maximum atomic E-state index is 12.6. The van der Waals surface area contributed by atoms with E-state index in [4.69, 9.17) is 49.1 Å². The van der Waals surface area contributed by atoms with Crippen molar-refractivity contribution in [3.05, 3.63) is 68.8 Å². The van der Waals surface area contributed by atoms with Gasteiger partial charge in [-0.2, -0.15) is 9.97 Å². The van der Waals surface area contributed by atoms with Crippen molar-refractivity contribution in [1.29, 1.82) is 0 Å². The molecule has 0 aromatic carbocycles. The number of aromatic nitrogens is 4. The second kappa shape index (κ2) is 17.5. The number of rotatable bonds is 4. The van der Waals surface area contributed by atoms with Crippen LogP contribution in [0.15, 0.2) is 11.8 Å². The van der Waals surface area contributed by atoms with Gasteiger partial charge in [0.25, 0.3) is 6.04 Å². The maximum absolute atomic E-state index is 12.6. The Morgan fingerprint density at radius 2 is 1.34 bits per heavy atom. The van der Waals surface area contributed by atoms with Crippen molar-refractivity contribution < 1.29 is 25.6 Å². The van der Waals surface area contributed by atoms with Gasteiger partial charge >= 0.3 is 0 Å². The van der Waals surface area contributed by atoms with Crippen molar-refractivity contribution in [2.24, 2.45) is 23.7 Å². The van der Waals surface area contributed by atoms with Crippen LogP contribution in [0.1, 0.15) is 145 Å². The van der Waals surface area contributed by atoms with E-state index in [0.717, 1.165) is 59.8 Å². The van der Waals surface area contributed by atoms with Crippen LogP contribution in [0.4, 0.5) is 0 Å². The number of carbonyl (C=O) groups is 2. The Hall–Kier alpha value is -4.26. The zero-order valence-electron chi connectivity index (χ0n) is 37.2. The van der Waals surface area contributed by atoms with Crippen LogP contribution < -0.4 is 15.0 Å². The van der Waals surface area contributed by atoms with Gasteiger partial charge in [-0.15, -0.1) is 0 Å². The van der Waals surface area contributed by atoms with Gasteiger partial charge in [-0.1, -0.05) is 82.7 Å². The molecule has 0 bridgehead atoms. The number of hydrogen-bond acceptors (Lipinski definition) is 10. The molecule has 0 aliphatic heterocycles. The average Bonchev–Trinajstić information content (AvgIpc) is 3.15. The van der Waals surface area contributed by atoms with E-state index < -0.39 is 11.5 Å². The molecule has 2 aromatic rings. The highest BCUT2D eigenvalue weighted by Gasteiger charge is 2.56. The van der Waals surface area contributed by atoms with Gasteiger partial charge in [-0.25, -0.2) is 26.9 Å². The SMILES string of the molecule is CNO.[3H]C.[C-]#[N+]C1=C[C@]2(C)c3nc(C(C)(C)C)nc(OCC)c3CC[C@H]2[C@H](C)C1=O.[C-]#[N+]C1C[C@]2(C)c3nc(C(C)(C)C)nc(OCC)c3CC[C@H]2[C@H](C)C1=O. The molecule has 1 saturated carbocycles. The van der Waals surface area contributed by atoms with Crippen LogP contribution in [-0.2, 0) is 44.1 Å². The highest BCUT2D eigenvalue weighted by Crippen LogP contribution is 2.53. The molecule has 1 fully saturated rings. The van der Waals surface area contributed by atoms with Gasteiger partial charge < -0.3 is 24.3 Å². The predicted molar refractivity (Wildman–Crippen MR) is 218 cm³/mol. The molecule has 7 atom stereocenters.